The van der Waals surface area contributed by atoms with E-state index in [-0.39, 0.29) is 5.92 Å². The van der Waals surface area contributed by atoms with Gasteiger partial charge in [0.1, 0.15) is 5.82 Å². The number of piperidine rings is 2. The second kappa shape index (κ2) is 8.21. The molecular weight excluding hydrogens is 338 g/mol. The average molecular weight is 367 g/mol. The van der Waals surface area contributed by atoms with E-state index in [0.29, 0.717) is 11.8 Å². The molecule has 1 atom stereocenters. The molecule has 2 aliphatic heterocycles. The van der Waals surface area contributed by atoms with E-state index in [0.717, 1.165) is 69.9 Å². The van der Waals surface area contributed by atoms with Crippen molar-refractivity contribution in [3.63, 3.8) is 0 Å². The van der Waals surface area contributed by atoms with Gasteiger partial charge in [-0.05, 0) is 51.4 Å². The first-order valence-corrected chi connectivity index (χ1v) is 10.1. The van der Waals surface area contributed by atoms with Gasteiger partial charge in [-0.3, -0.25) is 9.78 Å². The van der Waals surface area contributed by atoms with Gasteiger partial charge >= 0.3 is 0 Å². The van der Waals surface area contributed by atoms with Crippen molar-refractivity contribution in [2.24, 2.45) is 5.92 Å². The molecule has 0 radical (unpaired) electrons. The van der Waals surface area contributed by atoms with Crippen molar-refractivity contribution in [1.29, 1.82) is 0 Å². The van der Waals surface area contributed by atoms with Gasteiger partial charge in [-0.15, -0.1) is 0 Å². The van der Waals surface area contributed by atoms with Gasteiger partial charge in [0.25, 0.3) is 0 Å². The number of hydrogen-bond donors (Lipinski definition) is 0. The molecule has 6 heteroatoms. The van der Waals surface area contributed by atoms with E-state index in [1.807, 2.05) is 36.8 Å². The number of nitrogens with zero attached hydrogens (tertiary/aromatic N) is 5. The topological polar surface area (TPSA) is 54.3 Å². The van der Waals surface area contributed by atoms with Crippen molar-refractivity contribution in [2.75, 3.05) is 33.2 Å². The molecule has 0 unspecified atom stereocenters. The van der Waals surface area contributed by atoms with Crippen LogP contribution in [-0.4, -0.2) is 63.5 Å². The minimum atomic E-state index is 0.187. The first-order chi connectivity index (χ1) is 13.2. The fraction of sp³-hybridized carbons (Fsp3) is 0.571. The van der Waals surface area contributed by atoms with Crippen molar-refractivity contribution in [3.05, 3.63) is 48.3 Å². The maximum absolute atomic E-state index is 12.9. The molecular formula is C21H29N5O. The predicted molar refractivity (Wildman–Crippen MR) is 104 cm³/mol. The molecule has 0 aromatic carbocycles. The molecule has 0 bridgehead atoms. The lowest BCUT2D eigenvalue weighted by Crippen LogP contribution is -2.46. The molecule has 27 heavy (non-hydrogen) atoms. The molecule has 2 aromatic rings. The Hall–Kier alpha value is -2.21. The monoisotopic (exact) mass is 367 g/mol. The predicted octanol–water partition coefficient (Wildman–Crippen LogP) is 2.37. The fourth-order valence-corrected chi connectivity index (χ4v) is 4.46. The number of hydrogen-bond acceptors (Lipinski definition) is 4. The molecule has 0 aliphatic carbocycles. The van der Waals surface area contributed by atoms with E-state index in [9.17, 15) is 4.79 Å². The van der Waals surface area contributed by atoms with Gasteiger partial charge in [0, 0.05) is 44.1 Å². The van der Waals surface area contributed by atoms with Gasteiger partial charge in [-0.2, -0.15) is 0 Å². The highest BCUT2D eigenvalue weighted by atomic mass is 16.2. The summed E-state index contributed by atoms with van der Waals surface area (Å²) in [4.78, 5) is 26.3. The van der Waals surface area contributed by atoms with Gasteiger partial charge in [-0.1, -0.05) is 6.07 Å². The Morgan fingerprint density at radius 3 is 2.70 bits per heavy atom. The van der Waals surface area contributed by atoms with Crippen LogP contribution >= 0.6 is 0 Å². The van der Waals surface area contributed by atoms with E-state index in [1.165, 1.54) is 0 Å². The summed E-state index contributed by atoms with van der Waals surface area (Å²) in [7, 11) is 2.12. The van der Waals surface area contributed by atoms with Crippen LogP contribution in [0.2, 0.25) is 0 Å². The largest absolute Gasteiger partial charge is 0.342 e. The number of rotatable bonds is 4. The van der Waals surface area contributed by atoms with Crippen LogP contribution in [-0.2, 0) is 11.3 Å². The Morgan fingerprint density at radius 2 is 1.96 bits per heavy atom. The van der Waals surface area contributed by atoms with Crippen LogP contribution in [0.3, 0.4) is 0 Å². The maximum Gasteiger partial charge on any atom is 0.226 e. The number of carbonyl (C=O) groups is 1. The van der Waals surface area contributed by atoms with Crippen LogP contribution in [0.4, 0.5) is 0 Å². The zero-order chi connectivity index (χ0) is 18.6. The normalized spacial score (nSPS) is 22.1. The molecule has 6 nitrogen and oxygen atoms in total. The average Bonchev–Trinajstić information content (AvgIpc) is 3.16. The lowest BCUT2D eigenvalue weighted by atomic mass is 9.92. The number of aromatic nitrogens is 3. The molecule has 4 rings (SSSR count). The third-order valence-corrected chi connectivity index (χ3v) is 5.95. The van der Waals surface area contributed by atoms with Crippen molar-refractivity contribution >= 4 is 5.91 Å². The number of imidazole rings is 1. The van der Waals surface area contributed by atoms with Gasteiger partial charge in [-0.25, -0.2) is 4.98 Å². The maximum atomic E-state index is 12.9. The zero-order valence-corrected chi connectivity index (χ0v) is 16.1. The molecule has 0 saturated carbocycles. The first-order valence-electron chi connectivity index (χ1n) is 10.1. The standard InChI is InChI=1S/C21H29N5O/c1-24-11-4-5-18(15-24)21(27)25-12-7-17(8-13-25)20-23-10-14-26(20)16-19-6-2-3-9-22-19/h2-3,6,9-10,14,17-18H,4-5,7-8,11-13,15-16H2,1H3/t18-/m0/s1. The zero-order valence-electron chi connectivity index (χ0n) is 16.1. The van der Waals surface area contributed by atoms with Gasteiger partial charge in [0.05, 0.1) is 18.2 Å². The third-order valence-electron chi connectivity index (χ3n) is 5.95. The summed E-state index contributed by atoms with van der Waals surface area (Å²) in [6.07, 6.45) is 9.92. The second-order valence-corrected chi connectivity index (χ2v) is 7.94. The molecule has 1 amide bonds. The Labute approximate surface area is 161 Å². The lowest BCUT2D eigenvalue weighted by molar-refractivity contribution is -0.138. The Kier molecular flexibility index (Phi) is 5.53. The summed E-state index contributed by atoms with van der Waals surface area (Å²) in [5.41, 5.74) is 1.05. The van der Waals surface area contributed by atoms with Crippen LogP contribution in [0.1, 0.15) is 43.1 Å². The van der Waals surface area contributed by atoms with Gasteiger partial charge in [0.15, 0.2) is 0 Å². The highest BCUT2D eigenvalue weighted by molar-refractivity contribution is 5.79. The van der Waals surface area contributed by atoms with Gasteiger partial charge in [0.2, 0.25) is 5.91 Å². The minimum absolute atomic E-state index is 0.187. The number of carbonyl (C=O) groups excluding carboxylic acids is 1. The SMILES string of the molecule is CN1CCC[C@H](C(=O)N2CCC(c3nccn3Cc3ccccn3)CC2)C1. The summed E-state index contributed by atoms with van der Waals surface area (Å²) >= 11 is 0. The van der Waals surface area contributed by atoms with Crippen molar-refractivity contribution in [3.8, 4) is 0 Å². The van der Waals surface area contributed by atoms with E-state index >= 15 is 0 Å². The summed E-state index contributed by atoms with van der Waals surface area (Å²) in [6.45, 7) is 4.47. The summed E-state index contributed by atoms with van der Waals surface area (Å²) in [6, 6.07) is 6.01. The smallest absolute Gasteiger partial charge is 0.226 e. The molecule has 2 saturated heterocycles. The summed E-state index contributed by atoms with van der Waals surface area (Å²) in [5, 5.41) is 0. The van der Waals surface area contributed by atoms with E-state index in [4.69, 9.17) is 0 Å². The molecule has 144 valence electrons. The summed E-state index contributed by atoms with van der Waals surface area (Å²) in [5.74, 6) is 2.09. The quantitative estimate of drug-likeness (QED) is 0.833. The number of amides is 1. The van der Waals surface area contributed by atoms with Gasteiger partial charge < -0.3 is 14.4 Å². The molecule has 4 heterocycles. The van der Waals surface area contributed by atoms with E-state index in [1.54, 1.807) is 0 Å². The Morgan fingerprint density at radius 1 is 1.11 bits per heavy atom. The van der Waals surface area contributed by atoms with E-state index < -0.39 is 0 Å². The summed E-state index contributed by atoms with van der Waals surface area (Å²) < 4.78 is 2.21. The van der Waals surface area contributed by atoms with E-state index in [2.05, 4.69) is 31.4 Å². The van der Waals surface area contributed by atoms with Crippen LogP contribution in [0.15, 0.2) is 36.8 Å². The Bertz CT molecular complexity index is 751. The number of likely N-dealkylation sites (tertiary alicyclic amines) is 2. The number of pyridine rings is 1. The molecule has 2 aromatic heterocycles. The highest BCUT2D eigenvalue weighted by Crippen LogP contribution is 2.29. The fourth-order valence-electron chi connectivity index (χ4n) is 4.46. The highest BCUT2D eigenvalue weighted by Gasteiger charge is 2.31. The van der Waals surface area contributed by atoms with Crippen LogP contribution in [0.25, 0.3) is 0 Å². The van der Waals surface area contributed by atoms with Crippen LogP contribution < -0.4 is 0 Å². The molecule has 2 aliphatic rings. The first kappa shape index (κ1) is 18.2. The van der Waals surface area contributed by atoms with Crippen molar-refractivity contribution < 1.29 is 4.79 Å². The van der Waals surface area contributed by atoms with Crippen LogP contribution in [0.5, 0.6) is 0 Å². The molecule has 2 fully saturated rings. The Balaban J connectivity index is 1.36. The molecule has 0 spiro atoms. The third kappa shape index (κ3) is 4.21. The van der Waals surface area contributed by atoms with Crippen molar-refractivity contribution in [1.82, 2.24) is 24.3 Å². The second-order valence-electron chi connectivity index (χ2n) is 7.94. The van der Waals surface area contributed by atoms with Crippen molar-refractivity contribution in [2.45, 2.75) is 38.1 Å². The minimum Gasteiger partial charge on any atom is -0.342 e. The van der Waals surface area contributed by atoms with Crippen LogP contribution in [0, 0.1) is 5.92 Å². The lowest BCUT2D eigenvalue weighted by Gasteiger charge is -2.36. The molecule has 0 N–H and O–H groups in total.